The number of aliphatic hydroxyl groups is 2. The fourth-order valence-electron chi connectivity index (χ4n) is 1.91. The Morgan fingerprint density at radius 1 is 1.19 bits per heavy atom. The van der Waals surface area contributed by atoms with Crippen LogP contribution in [-0.4, -0.2) is 37.1 Å². The quantitative estimate of drug-likeness (QED) is 0.791. The molecule has 0 bridgehead atoms. The summed E-state index contributed by atoms with van der Waals surface area (Å²) in [5, 5.41) is 17.6. The van der Waals surface area contributed by atoms with E-state index in [2.05, 4.69) is 0 Å². The van der Waals surface area contributed by atoms with E-state index in [-0.39, 0.29) is 18.1 Å². The van der Waals surface area contributed by atoms with Gasteiger partial charge in [-0.1, -0.05) is 18.2 Å². The molecule has 0 heterocycles. The van der Waals surface area contributed by atoms with E-state index < -0.39 is 20.5 Å². The van der Waals surface area contributed by atoms with E-state index in [9.17, 15) is 8.42 Å². The van der Waals surface area contributed by atoms with Gasteiger partial charge in [-0.05, 0) is 18.6 Å². The minimum absolute atomic E-state index is 0.253. The van der Waals surface area contributed by atoms with Crippen LogP contribution in [0, 0.1) is 5.41 Å². The van der Waals surface area contributed by atoms with Crippen LogP contribution < -0.4 is 0 Å². The molecule has 16 heavy (non-hydrogen) atoms. The fourth-order valence-corrected chi connectivity index (χ4v) is 4.13. The van der Waals surface area contributed by atoms with Crippen LogP contribution in [0.15, 0.2) is 35.2 Å². The van der Waals surface area contributed by atoms with Gasteiger partial charge in [-0.15, -0.1) is 0 Å². The van der Waals surface area contributed by atoms with Gasteiger partial charge in [-0.2, -0.15) is 0 Å². The van der Waals surface area contributed by atoms with E-state index in [1.807, 2.05) is 0 Å². The van der Waals surface area contributed by atoms with Crippen LogP contribution in [0.3, 0.4) is 0 Å². The maximum absolute atomic E-state index is 12.1. The highest BCUT2D eigenvalue weighted by atomic mass is 32.2. The molecule has 0 aromatic heterocycles. The molecule has 4 nitrogen and oxygen atoms in total. The Labute approximate surface area is 94.5 Å². The Morgan fingerprint density at radius 2 is 1.75 bits per heavy atom. The topological polar surface area (TPSA) is 74.6 Å². The zero-order valence-electron chi connectivity index (χ0n) is 8.70. The summed E-state index contributed by atoms with van der Waals surface area (Å²) in [4.78, 5) is 0.253. The van der Waals surface area contributed by atoms with Gasteiger partial charge in [0.2, 0.25) is 0 Å². The van der Waals surface area contributed by atoms with Crippen molar-refractivity contribution in [3.63, 3.8) is 0 Å². The summed E-state index contributed by atoms with van der Waals surface area (Å²) in [5.74, 6) is 0. The number of sulfone groups is 1. The lowest BCUT2D eigenvalue weighted by atomic mass is 10.1. The average molecular weight is 242 g/mol. The SMILES string of the molecule is O=S(=O)(c1ccccc1)[C@@H]1CC1(CO)CO. The largest absolute Gasteiger partial charge is 0.396 e. The van der Waals surface area contributed by atoms with Crippen molar-refractivity contribution in [2.24, 2.45) is 5.41 Å². The Morgan fingerprint density at radius 3 is 2.19 bits per heavy atom. The smallest absolute Gasteiger partial charge is 0.181 e. The first-order chi connectivity index (χ1) is 7.57. The molecule has 0 spiro atoms. The molecule has 0 saturated heterocycles. The van der Waals surface area contributed by atoms with Crippen molar-refractivity contribution >= 4 is 9.84 Å². The van der Waals surface area contributed by atoms with Crippen LogP contribution in [0.4, 0.5) is 0 Å². The van der Waals surface area contributed by atoms with E-state index in [4.69, 9.17) is 10.2 Å². The van der Waals surface area contributed by atoms with E-state index >= 15 is 0 Å². The number of hydrogen-bond donors (Lipinski definition) is 2. The monoisotopic (exact) mass is 242 g/mol. The van der Waals surface area contributed by atoms with Gasteiger partial charge in [-0.3, -0.25) is 0 Å². The Bertz CT molecular complexity index is 462. The standard InChI is InChI=1S/C11H14O4S/c12-7-11(8-13)6-10(11)16(14,15)9-4-2-1-3-5-9/h1-5,10,12-13H,6-8H2/t10-/m1/s1. The van der Waals surface area contributed by atoms with Crippen molar-refractivity contribution in [2.45, 2.75) is 16.6 Å². The molecule has 2 N–H and O–H groups in total. The summed E-state index contributed by atoms with van der Waals surface area (Å²) in [6.45, 7) is -0.583. The molecule has 88 valence electrons. The molecular formula is C11H14O4S. The number of rotatable bonds is 4. The second-order valence-corrected chi connectivity index (χ2v) is 6.36. The van der Waals surface area contributed by atoms with Crippen LogP contribution in [0.2, 0.25) is 0 Å². The maximum Gasteiger partial charge on any atom is 0.181 e. The highest BCUT2D eigenvalue weighted by Crippen LogP contribution is 2.51. The summed E-state index contributed by atoms with van der Waals surface area (Å²) in [6.07, 6.45) is 0.331. The summed E-state index contributed by atoms with van der Waals surface area (Å²) >= 11 is 0. The molecule has 5 heteroatoms. The van der Waals surface area contributed by atoms with E-state index in [1.165, 1.54) is 12.1 Å². The maximum atomic E-state index is 12.1. The van der Waals surface area contributed by atoms with Crippen molar-refractivity contribution in [3.8, 4) is 0 Å². The first-order valence-electron chi connectivity index (χ1n) is 5.07. The first kappa shape index (κ1) is 11.6. The third-order valence-corrected chi connectivity index (χ3v) is 5.54. The molecule has 1 fully saturated rings. The summed E-state index contributed by atoms with van der Waals surface area (Å²) in [7, 11) is -3.42. The van der Waals surface area contributed by atoms with Crippen molar-refractivity contribution < 1.29 is 18.6 Å². The second-order valence-electron chi connectivity index (χ2n) is 4.23. The lowest BCUT2D eigenvalue weighted by Crippen LogP contribution is -2.22. The molecule has 2 rings (SSSR count). The second kappa shape index (κ2) is 3.84. The van der Waals surface area contributed by atoms with E-state index in [0.717, 1.165) is 0 Å². The van der Waals surface area contributed by atoms with Gasteiger partial charge in [0.25, 0.3) is 0 Å². The van der Waals surface area contributed by atoms with Crippen molar-refractivity contribution in [3.05, 3.63) is 30.3 Å². The van der Waals surface area contributed by atoms with Gasteiger partial charge >= 0.3 is 0 Å². The molecule has 0 amide bonds. The van der Waals surface area contributed by atoms with E-state index in [0.29, 0.717) is 6.42 Å². The zero-order chi connectivity index (χ0) is 11.8. The number of benzene rings is 1. The summed E-state index contributed by atoms with van der Waals surface area (Å²) < 4.78 is 24.2. The normalized spacial score (nSPS) is 23.0. The number of aliphatic hydroxyl groups excluding tert-OH is 2. The summed E-state index contributed by atoms with van der Waals surface area (Å²) in [5.41, 5.74) is -0.839. The van der Waals surface area contributed by atoms with Gasteiger partial charge in [0, 0.05) is 5.41 Å². The highest BCUT2D eigenvalue weighted by molar-refractivity contribution is 7.92. The van der Waals surface area contributed by atoms with Gasteiger partial charge in [0.15, 0.2) is 9.84 Å². The molecule has 0 unspecified atom stereocenters. The average Bonchev–Trinajstić information content (AvgIpc) is 3.06. The predicted molar refractivity (Wildman–Crippen MR) is 58.6 cm³/mol. The van der Waals surface area contributed by atoms with Crippen molar-refractivity contribution in [2.75, 3.05) is 13.2 Å². The minimum atomic E-state index is -3.42. The van der Waals surface area contributed by atoms with Gasteiger partial charge in [0.05, 0.1) is 23.4 Å². The Balaban J connectivity index is 2.30. The third kappa shape index (κ3) is 1.65. The zero-order valence-corrected chi connectivity index (χ0v) is 9.52. The Hall–Kier alpha value is -0.910. The van der Waals surface area contributed by atoms with Crippen molar-refractivity contribution in [1.82, 2.24) is 0 Å². The molecule has 1 saturated carbocycles. The predicted octanol–water partition coefficient (Wildman–Crippen LogP) is 0.204. The summed E-state index contributed by atoms with van der Waals surface area (Å²) in [6, 6.07) is 8.14. The van der Waals surface area contributed by atoms with Crippen LogP contribution in [0.25, 0.3) is 0 Å². The van der Waals surface area contributed by atoms with Gasteiger partial charge < -0.3 is 10.2 Å². The Kier molecular flexibility index (Phi) is 2.77. The minimum Gasteiger partial charge on any atom is -0.396 e. The molecule has 1 aliphatic rings. The number of hydrogen-bond acceptors (Lipinski definition) is 4. The fraction of sp³-hybridized carbons (Fsp3) is 0.455. The van der Waals surface area contributed by atoms with Gasteiger partial charge in [-0.25, -0.2) is 8.42 Å². The molecule has 0 aliphatic heterocycles. The molecule has 1 atom stereocenters. The highest BCUT2D eigenvalue weighted by Gasteiger charge is 2.60. The lowest BCUT2D eigenvalue weighted by Gasteiger charge is -2.10. The molecule has 0 radical (unpaired) electrons. The third-order valence-electron chi connectivity index (χ3n) is 3.19. The first-order valence-corrected chi connectivity index (χ1v) is 6.62. The van der Waals surface area contributed by atoms with Crippen LogP contribution >= 0.6 is 0 Å². The molecule has 1 aromatic carbocycles. The lowest BCUT2D eigenvalue weighted by molar-refractivity contribution is 0.134. The van der Waals surface area contributed by atoms with Crippen LogP contribution in [0.1, 0.15) is 6.42 Å². The van der Waals surface area contributed by atoms with Crippen molar-refractivity contribution in [1.29, 1.82) is 0 Å². The van der Waals surface area contributed by atoms with Gasteiger partial charge in [0.1, 0.15) is 0 Å². The van der Waals surface area contributed by atoms with Crippen LogP contribution in [0.5, 0.6) is 0 Å². The van der Waals surface area contributed by atoms with E-state index in [1.54, 1.807) is 18.2 Å². The molecule has 1 aliphatic carbocycles. The van der Waals surface area contributed by atoms with Crippen LogP contribution in [-0.2, 0) is 9.84 Å². The molecular weight excluding hydrogens is 228 g/mol. The molecule has 1 aromatic rings.